The van der Waals surface area contributed by atoms with Crippen LogP contribution in [-0.4, -0.2) is 23.3 Å². The van der Waals surface area contributed by atoms with E-state index in [0.717, 1.165) is 12.8 Å². The minimum Gasteiger partial charge on any atom is -0.367 e. The summed E-state index contributed by atoms with van der Waals surface area (Å²) in [5.74, 6) is -0.0437. The third-order valence-electron chi connectivity index (χ3n) is 5.10. The van der Waals surface area contributed by atoms with E-state index in [1.54, 1.807) is 31.2 Å². The topological polar surface area (TPSA) is 46.7 Å². The lowest BCUT2D eigenvalue weighted by Crippen LogP contribution is -2.20. The molecule has 1 aliphatic heterocycles. The second kappa shape index (κ2) is 6.14. The molecule has 1 aromatic carbocycles. The summed E-state index contributed by atoms with van der Waals surface area (Å²) < 4.78 is 5.60. The fourth-order valence-corrected chi connectivity index (χ4v) is 3.27. The number of allylic oxidation sites excluding steroid dienone is 4. The number of carbonyl (C=O) groups is 2. The predicted octanol–water partition coefficient (Wildman–Crippen LogP) is 4.68. The van der Waals surface area contributed by atoms with E-state index in [-0.39, 0.29) is 17.2 Å². The standard InChI is InChI=1S/C21H24O3/c1-13(10-12-18-21(3,4)24-18)9-11-15-14(2)19(22)16-7-5-6-8-17(16)20(15)23/h5-9,18H,10-12H2,1-4H3/b13-9+. The van der Waals surface area contributed by atoms with Gasteiger partial charge in [0, 0.05) is 22.3 Å². The van der Waals surface area contributed by atoms with E-state index >= 15 is 0 Å². The normalized spacial score (nSPS) is 22.7. The number of Topliss-reactive ketones (excluding diaryl/α,β-unsaturated/α-hetero) is 2. The summed E-state index contributed by atoms with van der Waals surface area (Å²) in [5.41, 5.74) is 3.52. The van der Waals surface area contributed by atoms with Crippen LogP contribution in [0.4, 0.5) is 0 Å². The molecule has 0 saturated carbocycles. The number of hydrogen-bond acceptors (Lipinski definition) is 3. The maximum absolute atomic E-state index is 12.7. The summed E-state index contributed by atoms with van der Waals surface area (Å²) >= 11 is 0. The molecule has 0 aromatic heterocycles. The monoisotopic (exact) mass is 324 g/mol. The van der Waals surface area contributed by atoms with Gasteiger partial charge in [0.25, 0.3) is 0 Å². The molecular weight excluding hydrogens is 300 g/mol. The molecule has 0 spiro atoms. The minimum absolute atomic E-state index is 0.0154. The molecule has 3 heteroatoms. The molecule has 1 saturated heterocycles. The van der Waals surface area contributed by atoms with Crippen LogP contribution >= 0.6 is 0 Å². The second-order valence-corrected chi connectivity index (χ2v) is 7.31. The van der Waals surface area contributed by atoms with Crippen LogP contribution < -0.4 is 0 Å². The Hall–Kier alpha value is -2.00. The van der Waals surface area contributed by atoms with Gasteiger partial charge in [-0.3, -0.25) is 9.59 Å². The fourth-order valence-electron chi connectivity index (χ4n) is 3.27. The van der Waals surface area contributed by atoms with Gasteiger partial charge in [0.1, 0.15) is 0 Å². The third-order valence-corrected chi connectivity index (χ3v) is 5.10. The quantitative estimate of drug-likeness (QED) is 0.584. The zero-order valence-electron chi connectivity index (χ0n) is 14.8. The smallest absolute Gasteiger partial charge is 0.190 e. The summed E-state index contributed by atoms with van der Waals surface area (Å²) in [6.07, 6.45) is 4.90. The van der Waals surface area contributed by atoms with Gasteiger partial charge in [0.05, 0.1) is 11.7 Å². The summed E-state index contributed by atoms with van der Waals surface area (Å²) in [7, 11) is 0. The predicted molar refractivity (Wildman–Crippen MR) is 94.4 cm³/mol. The lowest BCUT2D eigenvalue weighted by atomic mass is 9.83. The highest BCUT2D eigenvalue weighted by Crippen LogP contribution is 2.39. The van der Waals surface area contributed by atoms with Gasteiger partial charge in [-0.05, 0) is 47.0 Å². The van der Waals surface area contributed by atoms with Gasteiger partial charge in [-0.25, -0.2) is 0 Å². The van der Waals surface area contributed by atoms with Crippen LogP contribution in [0.1, 0.15) is 67.7 Å². The molecule has 0 N–H and O–H groups in total. The van der Waals surface area contributed by atoms with Crippen LogP contribution in [0.25, 0.3) is 0 Å². The van der Waals surface area contributed by atoms with Crippen molar-refractivity contribution in [3.63, 3.8) is 0 Å². The number of carbonyl (C=O) groups excluding carboxylic acids is 2. The molecule has 1 heterocycles. The third kappa shape index (κ3) is 3.13. The molecular formula is C21H24O3. The number of fused-ring (bicyclic) bond motifs is 1. The summed E-state index contributed by atoms with van der Waals surface area (Å²) in [6, 6.07) is 7.08. The van der Waals surface area contributed by atoms with Gasteiger partial charge < -0.3 is 4.74 Å². The summed E-state index contributed by atoms with van der Waals surface area (Å²) in [4.78, 5) is 25.2. The zero-order valence-corrected chi connectivity index (χ0v) is 14.8. The molecule has 1 atom stereocenters. The number of ether oxygens (including phenoxy) is 1. The van der Waals surface area contributed by atoms with Crippen molar-refractivity contribution in [2.45, 2.75) is 58.7 Å². The first kappa shape index (κ1) is 16.8. The second-order valence-electron chi connectivity index (χ2n) is 7.31. The molecule has 2 aliphatic rings. The Morgan fingerprint density at radius 3 is 2.33 bits per heavy atom. The Bertz CT molecular complexity index is 765. The first-order valence-corrected chi connectivity index (χ1v) is 8.53. The summed E-state index contributed by atoms with van der Waals surface area (Å²) in [6.45, 7) is 8.05. The van der Waals surface area contributed by atoms with Crippen LogP contribution in [0, 0.1) is 0 Å². The molecule has 1 aliphatic carbocycles. The van der Waals surface area contributed by atoms with Crippen LogP contribution in [0.5, 0.6) is 0 Å². The van der Waals surface area contributed by atoms with Crippen molar-refractivity contribution in [1.29, 1.82) is 0 Å². The van der Waals surface area contributed by atoms with Crippen molar-refractivity contribution in [3.8, 4) is 0 Å². The Labute approximate surface area is 143 Å². The molecule has 0 radical (unpaired) electrons. The van der Waals surface area contributed by atoms with Crippen molar-refractivity contribution < 1.29 is 14.3 Å². The van der Waals surface area contributed by atoms with E-state index in [0.29, 0.717) is 34.8 Å². The van der Waals surface area contributed by atoms with Crippen molar-refractivity contribution in [2.24, 2.45) is 0 Å². The van der Waals surface area contributed by atoms with Crippen molar-refractivity contribution in [3.05, 3.63) is 58.2 Å². The Morgan fingerprint density at radius 1 is 1.17 bits per heavy atom. The number of rotatable bonds is 5. The molecule has 126 valence electrons. The molecule has 3 rings (SSSR count). The largest absolute Gasteiger partial charge is 0.367 e. The molecule has 1 aromatic rings. The van der Waals surface area contributed by atoms with Crippen molar-refractivity contribution in [1.82, 2.24) is 0 Å². The van der Waals surface area contributed by atoms with Crippen LogP contribution in [0.2, 0.25) is 0 Å². The average Bonchev–Trinajstić information content (AvgIpc) is 3.18. The van der Waals surface area contributed by atoms with Crippen molar-refractivity contribution >= 4 is 11.6 Å². The molecule has 24 heavy (non-hydrogen) atoms. The maximum Gasteiger partial charge on any atom is 0.190 e. The minimum atomic E-state index is -0.0283. The molecule has 0 bridgehead atoms. The van der Waals surface area contributed by atoms with Gasteiger partial charge in [-0.15, -0.1) is 0 Å². The molecule has 3 nitrogen and oxygen atoms in total. The lowest BCUT2D eigenvalue weighted by Gasteiger charge is -2.18. The summed E-state index contributed by atoms with van der Waals surface area (Å²) in [5, 5.41) is 0. The SMILES string of the molecule is CC1=C(C/C=C(\C)CCC2OC2(C)C)C(=O)c2ccccc2C1=O. The highest BCUT2D eigenvalue weighted by atomic mass is 16.6. The Balaban J connectivity index is 1.70. The lowest BCUT2D eigenvalue weighted by molar-refractivity contribution is 0.0973. The van der Waals surface area contributed by atoms with Gasteiger partial charge in [0.15, 0.2) is 11.6 Å². The van der Waals surface area contributed by atoms with E-state index in [4.69, 9.17) is 4.74 Å². The van der Waals surface area contributed by atoms with Gasteiger partial charge in [-0.2, -0.15) is 0 Å². The van der Waals surface area contributed by atoms with E-state index in [9.17, 15) is 9.59 Å². The van der Waals surface area contributed by atoms with Gasteiger partial charge >= 0.3 is 0 Å². The number of benzene rings is 1. The number of epoxide rings is 1. The van der Waals surface area contributed by atoms with E-state index in [1.807, 2.05) is 0 Å². The van der Waals surface area contributed by atoms with E-state index < -0.39 is 0 Å². The molecule has 0 amide bonds. The van der Waals surface area contributed by atoms with Crippen LogP contribution in [0.3, 0.4) is 0 Å². The Morgan fingerprint density at radius 2 is 1.75 bits per heavy atom. The first-order valence-electron chi connectivity index (χ1n) is 8.53. The molecule has 1 unspecified atom stereocenters. The van der Waals surface area contributed by atoms with Crippen LogP contribution in [0.15, 0.2) is 47.1 Å². The zero-order chi connectivity index (χ0) is 17.5. The highest BCUT2D eigenvalue weighted by molar-refractivity contribution is 6.26. The highest BCUT2D eigenvalue weighted by Gasteiger charge is 2.46. The number of hydrogen-bond donors (Lipinski definition) is 0. The Kier molecular flexibility index (Phi) is 4.31. The van der Waals surface area contributed by atoms with Crippen molar-refractivity contribution in [2.75, 3.05) is 0 Å². The first-order chi connectivity index (χ1) is 11.3. The van der Waals surface area contributed by atoms with E-state index in [2.05, 4.69) is 26.8 Å². The maximum atomic E-state index is 12.7. The fraction of sp³-hybridized carbons (Fsp3) is 0.429. The average molecular weight is 324 g/mol. The number of ketones is 2. The van der Waals surface area contributed by atoms with Gasteiger partial charge in [-0.1, -0.05) is 35.9 Å². The van der Waals surface area contributed by atoms with Crippen LogP contribution in [-0.2, 0) is 4.74 Å². The van der Waals surface area contributed by atoms with Gasteiger partial charge in [0.2, 0.25) is 0 Å². The molecule has 1 fully saturated rings. The van der Waals surface area contributed by atoms with E-state index in [1.165, 1.54) is 5.57 Å².